The summed E-state index contributed by atoms with van der Waals surface area (Å²) in [4.78, 5) is 15.3. The van der Waals surface area contributed by atoms with Gasteiger partial charge in [0.05, 0.1) is 11.4 Å². The number of aryl methyl sites for hydroxylation is 1. The smallest absolute Gasteiger partial charge is 0.219 e. The van der Waals surface area contributed by atoms with Crippen molar-refractivity contribution in [2.24, 2.45) is 0 Å². The number of hydrogen-bond donors (Lipinski definition) is 1. The Bertz CT molecular complexity index is 468. The van der Waals surface area contributed by atoms with E-state index < -0.39 is 0 Å². The molecule has 2 N–H and O–H groups in total. The minimum absolute atomic E-state index is 0.134. The highest BCUT2D eigenvalue weighted by molar-refractivity contribution is 6.31. The number of hydrogen-bond acceptors (Lipinski definition) is 3. The first-order chi connectivity index (χ1) is 8.49. The first-order valence-electron chi connectivity index (χ1n) is 6.05. The van der Waals surface area contributed by atoms with E-state index in [1.807, 2.05) is 17.9 Å². The molecule has 1 aromatic rings. The summed E-state index contributed by atoms with van der Waals surface area (Å²) in [5, 5.41) is 0.693. The molecular weight excluding hydrogens is 250 g/mol. The van der Waals surface area contributed by atoms with Gasteiger partial charge in [-0.15, -0.1) is 0 Å². The zero-order valence-electron chi connectivity index (χ0n) is 10.7. The standard InChI is InChI=1S/C13H18ClN3O/c1-9-7-13(12(15)8-11(9)14)17-5-3-16(4-6-17)10(2)18/h7-8H,3-6,15H2,1-2H3. The molecule has 2 rings (SSSR count). The Morgan fingerprint density at radius 2 is 1.89 bits per heavy atom. The molecule has 5 heteroatoms. The van der Waals surface area contributed by atoms with Gasteiger partial charge in [-0.2, -0.15) is 0 Å². The Labute approximate surface area is 112 Å². The number of rotatable bonds is 1. The maximum Gasteiger partial charge on any atom is 0.219 e. The van der Waals surface area contributed by atoms with Crippen molar-refractivity contribution >= 4 is 28.9 Å². The molecule has 1 saturated heterocycles. The van der Waals surface area contributed by atoms with Crippen molar-refractivity contribution < 1.29 is 4.79 Å². The summed E-state index contributed by atoms with van der Waals surface area (Å²) in [6, 6.07) is 3.81. The van der Waals surface area contributed by atoms with Gasteiger partial charge in [0.1, 0.15) is 0 Å². The van der Waals surface area contributed by atoms with E-state index in [0.29, 0.717) is 10.7 Å². The maximum absolute atomic E-state index is 11.3. The zero-order chi connectivity index (χ0) is 13.3. The first kappa shape index (κ1) is 13.0. The van der Waals surface area contributed by atoms with Gasteiger partial charge >= 0.3 is 0 Å². The Balaban J connectivity index is 2.15. The molecule has 0 aromatic heterocycles. The molecule has 1 aromatic carbocycles. The van der Waals surface area contributed by atoms with Crippen molar-refractivity contribution in [3.8, 4) is 0 Å². The third kappa shape index (κ3) is 2.53. The number of amides is 1. The molecule has 1 heterocycles. The molecule has 18 heavy (non-hydrogen) atoms. The van der Waals surface area contributed by atoms with Gasteiger partial charge in [0.2, 0.25) is 5.91 Å². The fraction of sp³-hybridized carbons (Fsp3) is 0.462. The number of piperazine rings is 1. The van der Waals surface area contributed by atoms with Gasteiger partial charge in [-0.1, -0.05) is 11.6 Å². The van der Waals surface area contributed by atoms with Crippen LogP contribution in [-0.4, -0.2) is 37.0 Å². The van der Waals surface area contributed by atoms with Crippen LogP contribution in [0.1, 0.15) is 12.5 Å². The van der Waals surface area contributed by atoms with Gasteiger partial charge in [0, 0.05) is 38.1 Å². The third-order valence-corrected chi connectivity index (χ3v) is 3.78. The number of nitrogen functional groups attached to an aromatic ring is 1. The summed E-state index contributed by atoms with van der Waals surface area (Å²) in [5.41, 5.74) is 8.74. The summed E-state index contributed by atoms with van der Waals surface area (Å²) in [7, 11) is 0. The van der Waals surface area contributed by atoms with Crippen molar-refractivity contribution in [3.05, 3.63) is 22.7 Å². The van der Waals surface area contributed by atoms with Gasteiger partial charge < -0.3 is 15.5 Å². The van der Waals surface area contributed by atoms with E-state index in [2.05, 4.69) is 4.90 Å². The first-order valence-corrected chi connectivity index (χ1v) is 6.43. The predicted octanol–water partition coefficient (Wildman–Crippen LogP) is 1.90. The zero-order valence-corrected chi connectivity index (χ0v) is 11.5. The van der Waals surface area contributed by atoms with Crippen LogP contribution in [0, 0.1) is 6.92 Å². The SMILES string of the molecule is CC(=O)N1CCN(c2cc(C)c(Cl)cc2N)CC1. The Kier molecular flexibility index (Phi) is 3.66. The van der Waals surface area contributed by atoms with Crippen LogP contribution in [0.25, 0.3) is 0 Å². The van der Waals surface area contributed by atoms with Crippen LogP contribution >= 0.6 is 11.6 Å². The number of anilines is 2. The molecule has 0 radical (unpaired) electrons. The monoisotopic (exact) mass is 267 g/mol. The highest BCUT2D eigenvalue weighted by Gasteiger charge is 2.20. The molecule has 1 amide bonds. The predicted molar refractivity (Wildman–Crippen MR) is 75.1 cm³/mol. The highest BCUT2D eigenvalue weighted by atomic mass is 35.5. The Morgan fingerprint density at radius 1 is 1.28 bits per heavy atom. The molecule has 1 fully saturated rings. The third-order valence-electron chi connectivity index (χ3n) is 3.37. The molecule has 0 bridgehead atoms. The fourth-order valence-corrected chi connectivity index (χ4v) is 2.39. The molecule has 0 unspecified atom stereocenters. The van der Waals surface area contributed by atoms with Gasteiger partial charge in [0.25, 0.3) is 0 Å². The number of benzene rings is 1. The maximum atomic E-state index is 11.3. The van der Waals surface area contributed by atoms with Gasteiger partial charge in [-0.25, -0.2) is 0 Å². The van der Waals surface area contributed by atoms with E-state index in [4.69, 9.17) is 17.3 Å². The van der Waals surface area contributed by atoms with Crippen molar-refractivity contribution in [1.29, 1.82) is 0 Å². The molecule has 4 nitrogen and oxygen atoms in total. The van der Waals surface area contributed by atoms with Crippen LogP contribution in [0.5, 0.6) is 0 Å². The number of carbonyl (C=O) groups is 1. The minimum atomic E-state index is 0.134. The van der Waals surface area contributed by atoms with E-state index in [-0.39, 0.29) is 5.91 Å². The highest BCUT2D eigenvalue weighted by Crippen LogP contribution is 2.30. The van der Waals surface area contributed by atoms with Crippen molar-refractivity contribution in [1.82, 2.24) is 4.90 Å². The van der Waals surface area contributed by atoms with Crippen LogP contribution in [0.4, 0.5) is 11.4 Å². The minimum Gasteiger partial charge on any atom is -0.397 e. The molecule has 1 aliphatic heterocycles. The number of halogens is 1. The lowest BCUT2D eigenvalue weighted by Crippen LogP contribution is -2.48. The average molecular weight is 268 g/mol. The Morgan fingerprint density at radius 3 is 2.44 bits per heavy atom. The van der Waals surface area contributed by atoms with Crippen molar-refractivity contribution in [3.63, 3.8) is 0 Å². The summed E-state index contributed by atoms with van der Waals surface area (Å²) >= 11 is 6.04. The van der Waals surface area contributed by atoms with Gasteiger partial charge in [0.15, 0.2) is 0 Å². The van der Waals surface area contributed by atoms with Gasteiger partial charge in [-0.05, 0) is 24.6 Å². The molecule has 98 valence electrons. The van der Waals surface area contributed by atoms with Crippen molar-refractivity contribution in [2.45, 2.75) is 13.8 Å². The molecule has 0 spiro atoms. The second-order valence-electron chi connectivity index (χ2n) is 4.65. The van der Waals surface area contributed by atoms with Crippen LogP contribution in [-0.2, 0) is 4.79 Å². The van der Waals surface area contributed by atoms with Gasteiger partial charge in [-0.3, -0.25) is 4.79 Å². The number of nitrogens with two attached hydrogens (primary N) is 1. The van der Waals surface area contributed by atoms with Crippen LogP contribution < -0.4 is 10.6 Å². The quantitative estimate of drug-likeness (QED) is 0.791. The fourth-order valence-electron chi connectivity index (χ4n) is 2.22. The second kappa shape index (κ2) is 5.06. The summed E-state index contributed by atoms with van der Waals surface area (Å²) < 4.78 is 0. The topological polar surface area (TPSA) is 49.6 Å². The lowest BCUT2D eigenvalue weighted by molar-refractivity contribution is -0.129. The van der Waals surface area contributed by atoms with Crippen LogP contribution in [0.2, 0.25) is 5.02 Å². The van der Waals surface area contributed by atoms with Crippen LogP contribution in [0.15, 0.2) is 12.1 Å². The number of carbonyl (C=O) groups excluding carboxylic acids is 1. The van der Waals surface area contributed by atoms with Crippen LogP contribution in [0.3, 0.4) is 0 Å². The summed E-state index contributed by atoms with van der Waals surface area (Å²) in [6.45, 7) is 6.69. The van der Waals surface area contributed by atoms with E-state index in [9.17, 15) is 4.79 Å². The van der Waals surface area contributed by atoms with E-state index in [1.165, 1.54) is 0 Å². The normalized spacial score (nSPS) is 15.9. The Hall–Kier alpha value is -1.42. The summed E-state index contributed by atoms with van der Waals surface area (Å²) in [6.07, 6.45) is 0. The van der Waals surface area contributed by atoms with E-state index in [0.717, 1.165) is 37.4 Å². The molecule has 1 aliphatic rings. The number of nitrogens with zero attached hydrogens (tertiary/aromatic N) is 2. The average Bonchev–Trinajstić information content (AvgIpc) is 2.34. The van der Waals surface area contributed by atoms with E-state index in [1.54, 1.807) is 13.0 Å². The van der Waals surface area contributed by atoms with Crippen molar-refractivity contribution in [2.75, 3.05) is 36.8 Å². The molecule has 0 saturated carbocycles. The summed E-state index contributed by atoms with van der Waals surface area (Å²) in [5.74, 6) is 0.134. The molecular formula is C13H18ClN3O. The lowest BCUT2D eigenvalue weighted by Gasteiger charge is -2.36. The second-order valence-corrected chi connectivity index (χ2v) is 5.06. The lowest BCUT2D eigenvalue weighted by atomic mass is 10.1. The molecule has 0 atom stereocenters. The molecule has 0 aliphatic carbocycles. The van der Waals surface area contributed by atoms with E-state index >= 15 is 0 Å². The largest absolute Gasteiger partial charge is 0.397 e.